The first-order valence-electron chi connectivity index (χ1n) is 9.77. The molecule has 0 saturated heterocycles. The van der Waals surface area contributed by atoms with E-state index in [9.17, 15) is 12.8 Å². The van der Waals surface area contributed by atoms with Gasteiger partial charge in [-0.1, -0.05) is 0 Å². The van der Waals surface area contributed by atoms with Crippen molar-refractivity contribution in [3.8, 4) is 17.1 Å². The smallest absolute Gasteiger partial charge is 0.240 e. The van der Waals surface area contributed by atoms with Crippen LogP contribution in [0.1, 0.15) is 6.92 Å². The lowest BCUT2D eigenvalue weighted by Crippen LogP contribution is -2.27. The number of nitrogens with one attached hydrogen (secondary N) is 1. The Morgan fingerprint density at radius 3 is 2.52 bits per heavy atom. The lowest BCUT2D eigenvalue weighted by atomic mass is 10.2. The molecule has 0 aliphatic rings. The number of ether oxygens (including phenoxy) is 1. The third-order valence-electron chi connectivity index (χ3n) is 4.68. The van der Waals surface area contributed by atoms with Crippen LogP contribution in [0.5, 0.6) is 5.75 Å². The summed E-state index contributed by atoms with van der Waals surface area (Å²) in [5, 5.41) is 0. The summed E-state index contributed by atoms with van der Waals surface area (Å²) in [7, 11) is -3.69. The average Bonchev–Trinajstić information content (AvgIpc) is 3.13. The first kappa shape index (κ1) is 21.0. The molecule has 0 aliphatic heterocycles. The van der Waals surface area contributed by atoms with Crippen molar-refractivity contribution in [2.75, 3.05) is 13.2 Å². The lowest BCUT2D eigenvalue weighted by molar-refractivity contribution is 0.340. The number of halogens is 1. The second-order valence-electron chi connectivity index (χ2n) is 6.74. The highest BCUT2D eigenvalue weighted by atomic mass is 32.2. The Labute approximate surface area is 179 Å². The molecule has 31 heavy (non-hydrogen) atoms. The third kappa shape index (κ3) is 4.57. The van der Waals surface area contributed by atoms with Crippen LogP contribution < -0.4 is 9.46 Å². The number of nitrogens with zero attached hydrogens (tertiary/aromatic N) is 3. The molecule has 0 bridgehead atoms. The van der Waals surface area contributed by atoms with Gasteiger partial charge in [0.2, 0.25) is 10.0 Å². The van der Waals surface area contributed by atoms with E-state index in [2.05, 4.69) is 14.7 Å². The van der Waals surface area contributed by atoms with Gasteiger partial charge in [-0.2, -0.15) is 0 Å². The van der Waals surface area contributed by atoms with Crippen LogP contribution in [0.3, 0.4) is 0 Å². The summed E-state index contributed by atoms with van der Waals surface area (Å²) in [6.07, 6.45) is 1.65. The number of hydrogen-bond donors (Lipinski definition) is 1. The minimum Gasteiger partial charge on any atom is -0.494 e. The van der Waals surface area contributed by atoms with Crippen LogP contribution in [0, 0.1) is 5.82 Å². The quantitative estimate of drug-likeness (QED) is 0.452. The number of pyridine rings is 1. The van der Waals surface area contributed by atoms with E-state index in [-0.39, 0.29) is 17.3 Å². The standard InChI is InChI=1S/C22H21FN4O3S/c1-2-30-18-9-11-19(12-10-18)31(28,29)25-14-15-27-21(16-5-7-17(23)8-6-16)26-20-4-3-13-24-22(20)27/h3-13,25H,2,14-15H2,1H3. The molecular formula is C22H21FN4O3S. The van der Waals surface area contributed by atoms with Crippen LogP contribution in [0.2, 0.25) is 0 Å². The number of hydrogen-bond acceptors (Lipinski definition) is 5. The number of sulfonamides is 1. The maximum Gasteiger partial charge on any atom is 0.240 e. The number of imidazole rings is 1. The van der Waals surface area contributed by atoms with Gasteiger partial charge in [-0.25, -0.2) is 27.5 Å². The van der Waals surface area contributed by atoms with Crippen molar-refractivity contribution in [3.05, 3.63) is 72.7 Å². The summed E-state index contributed by atoms with van der Waals surface area (Å²) in [5.41, 5.74) is 2.02. The van der Waals surface area contributed by atoms with E-state index in [1.165, 1.54) is 24.3 Å². The van der Waals surface area contributed by atoms with E-state index in [4.69, 9.17) is 4.74 Å². The van der Waals surface area contributed by atoms with Crippen LogP contribution in [-0.4, -0.2) is 36.1 Å². The summed E-state index contributed by atoms with van der Waals surface area (Å²) in [6, 6.07) is 15.9. The summed E-state index contributed by atoms with van der Waals surface area (Å²) < 4.78 is 48.4. The minimum absolute atomic E-state index is 0.131. The highest BCUT2D eigenvalue weighted by Crippen LogP contribution is 2.24. The van der Waals surface area contributed by atoms with E-state index in [1.807, 2.05) is 17.6 Å². The fraction of sp³-hybridized carbons (Fsp3) is 0.182. The van der Waals surface area contributed by atoms with Crippen LogP contribution in [0.25, 0.3) is 22.6 Å². The Morgan fingerprint density at radius 1 is 1.06 bits per heavy atom. The molecule has 4 aromatic rings. The van der Waals surface area contributed by atoms with Crippen molar-refractivity contribution in [2.45, 2.75) is 18.4 Å². The van der Waals surface area contributed by atoms with Gasteiger partial charge in [0.25, 0.3) is 0 Å². The molecular weight excluding hydrogens is 419 g/mol. The Hall–Kier alpha value is -3.30. The average molecular weight is 441 g/mol. The highest BCUT2D eigenvalue weighted by Gasteiger charge is 2.17. The molecule has 1 N–H and O–H groups in total. The van der Waals surface area contributed by atoms with Gasteiger partial charge in [0.15, 0.2) is 5.65 Å². The zero-order chi connectivity index (χ0) is 21.8. The van der Waals surface area contributed by atoms with Crippen LogP contribution in [0.15, 0.2) is 71.8 Å². The van der Waals surface area contributed by atoms with Crippen molar-refractivity contribution in [1.82, 2.24) is 19.3 Å². The summed E-state index contributed by atoms with van der Waals surface area (Å²) in [4.78, 5) is 9.14. The molecule has 4 rings (SSSR count). The van der Waals surface area contributed by atoms with Crippen molar-refractivity contribution >= 4 is 21.2 Å². The van der Waals surface area contributed by atoms with E-state index in [0.29, 0.717) is 41.5 Å². The predicted molar refractivity (Wildman–Crippen MR) is 116 cm³/mol. The zero-order valence-electron chi connectivity index (χ0n) is 16.8. The van der Waals surface area contributed by atoms with Crippen molar-refractivity contribution in [2.24, 2.45) is 0 Å². The predicted octanol–water partition coefficient (Wildman–Crippen LogP) is 3.61. The van der Waals surface area contributed by atoms with Crippen molar-refractivity contribution in [1.29, 1.82) is 0 Å². The molecule has 0 fully saturated rings. The second kappa shape index (κ2) is 8.83. The number of benzene rings is 2. The van der Waals surface area contributed by atoms with Gasteiger partial charge in [0, 0.05) is 24.8 Å². The molecule has 0 spiro atoms. The fourth-order valence-corrected chi connectivity index (χ4v) is 4.27. The number of rotatable bonds is 8. The summed E-state index contributed by atoms with van der Waals surface area (Å²) in [5.74, 6) is 0.864. The second-order valence-corrected chi connectivity index (χ2v) is 8.51. The van der Waals surface area contributed by atoms with Gasteiger partial charge >= 0.3 is 0 Å². The molecule has 2 heterocycles. The Bertz CT molecular complexity index is 1290. The zero-order valence-corrected chi connectivity index (χ0v) is 17.6. The number of fused-ring (bicyclic) bond motifs is 1. The van der Waals surface area contributed by atoms with Gasteiger partial charge in [0.05, 0.1) is 11.5 Å². The highest BCUT2D eigenvalue weighted by molar-refractivity contribution is 7.89. The lowest BCUT2D eigenvalue weighted by Gasteiger charge is -2.11. The third-order valence-corrected chi connectivity index (χ3v) is 6.16. The summed E-state index contributed by atoms with van der Waals surface area (Å²) in [6.45, 7) is 2.80. The van der Waals surface area contributed by atoms with Gasteiger partial charge in [-0.15, -0.1) is 0 Å². The van der Waals surface area contributed by atoms with Crippen LogP contribution in [0.4, 0.5) is 4.39 Å². The maximum atomic E-state index is 13.3. The molecule has 0 atom stereocenters. The van der Waals surface area contributed by atoms with Crippen LogP contribution in [-0.2, 0) is 16.6 Å². The molecule has 9 heteroatoms. The van der Waals surface area contributed by atoms with Crippen molar-refractivity contribution in [3.63, 3.8) is 0 Å². The molecule has 0 aliphatic carbocycles. The molecule has 2 aromatic carbocycles. The van der Waals surface area contributed by atoms with E-state index < -0.39 is 10.0 Å². The molecule has 0 amide bonds. The number of aromatic nitrogens is 3. The first-order chi connectivity index (χ1) is 15.0. The molecule has 2 aromatic heterocycles. The molecule has 7 nitrogen and oxygen atoms in total. The maximum absolute atomic E-state index is 13.3. The van der Waals surface area contributed by atoms with E-state index in [0.717, 1.165) is 0 Å². The summed E-state index contributed by atoms with van der Waals surface area (Å²) >= 11 is 0. The normalized spacial score (nSPS) is 11.7. The van der Waals surface area contributed by atoms with Gasteiger partial charge in [0.1, 0.15) is 22.9 Å². The monoisotopic (exact) mass is 440 g/mol. The first-order valence-corrected chi connectivity index (χ1v) is 11.3. The Balaban J connectivity index is 1.56. The van der Waals surface area contributed by atoms with Crippen molar-refractivity contribution < 1.29 is 17.5 Å². The molecule has 160 valence electrons. The molecule has 0 unspecified atom stereocenters. The molecule has 0 saturated carbocycles. The van der Waals surface area contributed by atoms with Crippen LogP contribution >= 0.6 is 0 Å². The van der Waals surface area contributed by atoms with Gasteiger partial charge in [-0.3, -0.25) is 0 Å². The van der Waals surface area contributed by atoms with E-state index in [1.54, 1.807) is 36.5 Å². The Morgan fingerprint density at radius 2 is 1.81 bits per heavy atom. The van der Waals surface area contributed by atoms with Gasteiger partial charge in [-0.05, 0) is 67.6 Å². The van der Waals surface area contributed by atoms with Gasteiger partial charge < -0.3 is 9.30 Å². The Kier molecular flexibility index (Phi) is 5.97. The fourth-order valence-electron chi connectivity index (χ4n) is 3.25. The van der Waals surface area contributed by atoms with E-state index >= 15 is 0 Å². The minimum atomic E-state index is -3.69. The largest absolute Gasteiger partial charge is 0.494 e. The topological polar surface area (TPSA) is 86.1 Å². The SMILES string of the molecule is CCOc1ccc(S(=O)(=O)NCCn2c(-c3ccc(F)cc3)nc3cccnc32)cc1. The molecule has 0 radical (unpaired) electrons.